The van der Waals surface area contributed by atoms with Gasteiger partial charge in [-0.15, -0.1) is 4.40 Å². The molecule has 9 nitrogen and oxygen atoms in total. The summed E-state index contributed by atoms with van der Waals surface area (Å²) in [7, 11) is -3.77. The molecule has 0 amide bonds. The number of likely N-dealkylation sites (tertiary alicyclic amines) is 1. The van der Waals surface area contributed by atoms with E-state index in [4.69, 9.17) is 20.5 Å². The van der Waals surface area contributed by atoms with E-state index in [-0.39, 0.29) is 5.84 Å². The van der Waals surface area contributed by atoms with Crippen LogP contribution >= 0.6 is 0 Å². The summed E-state index contributed by atoms with van der Waals surface area (Å²) in [4.78, 5) is 2.20. The molecule has 1 fully saturated rings. The predicted octanol–water partition coefficient (Wildman–Crippen LogP) is 1.67. The lowest BCUT2D eigenvalue weighted by molar-refractivity contribution is 0.0173. The van der Waals surface area contributed by atoms with Gasteiger partial charge in [0.05, 0.1) is 43.2 Å². The van der Waals surface area contributed by atoms with Gasteiger partial charge in [0, 0.05) is 13.1 Å². The van der Waals surface area contributed by atoms with Crippen molar-refractivity contribution >= 4 is 16.0 Å². The maximum Gasteiger partial charge on any atom is 0.322 e. The van der Waals surface area contributed by atoms with Gasteiger partial charge in [-0.25, -0.2) is 0 Å². The second kappa shape index (κ2) is 9.67. The molecule has 0 saturated carbocycles. The van der Waals surface area contributed by atoms with Crippen LogP contribution in [0, 0.1) is 17.2 Å². The van der Waals surface area contributed by atoms with Crippen LogP contribution < -0.4 is 10.5 Å². The van der Waals surface area contributed by atoms with E-state index in [1.807, 2.05) is 12.1 Å². The Bertz CT molecular complexity index is 1120. The van der Waals surface area contributed by atoms with Gasteiger partial charge in [0.25, 0.3) is 0 Å². The summed E-state index contributed by atoms with van der Waals surface area (Å²) in [6.45, 7) is 2.63. The molecular formula is C22H25N5O4S. The van der Waals surface area contributed by atoms with Crippen molar-refractivity contribution in [3.63, 3.8) is 0 Å². The Morgan fingerprint density at radius 1 is 1.34 bits per heavy atom. The Hall–Kier alpha value is -2.97. The van der Waals surface area contributed by atoms with E-state index in [2.05, 4.69) is 20.1 Å². The van der Waals surface area contributed by atoms with Crippen molar-refractivity contribution in [3.8, 4) is 6.07 Å². The lowest BCUT2D eigenvalue weighted by atomic mass is 9.92. The average Bonchev–Trinajstić information content (AvgIpc) is 2.77. The number of rotatable bonds is 6. The van der Waals surface area contributed by atoms with E-state index in [0.29, 0.717) is 24.7 Å². The molecule has 4 rings (SSSR count). The standard InChI is InChI=1S/C22H25N5O4S/c23-11-16-6-8-17(9-7-16)13-30-15-27-10-2-3-18(12-27)14-31-20-5-1-4-19-21(20)22(24)26-32(28,29)25-19/h1,4-9,14,19,21,25H,2-3,10,12-13,15H2,(H2,24,26)/b18-14+. The molecule has 0 bridgehead atoms. The van der Waals surface area contributed by atoms with Crippen molar-refractivity contribution in [3.05, 3.63) is 71.2 Å². The molecule has 3 aliphatic rings. The van der Waals surface area contributed by atoms with Crippen molar-refractivity contribution < 1.29 is 17.9 Å². The second-order valence-electron chi connectivity index (χ2n) is 7.90. The first-order chi connectivity index (χ1) is 15.4. The van der Waals surface area contributed by atoms with E-state index >= 15 is 0 Å². The number of amidine groups is 1. The highest BCUT2D eigenvalue weighted by molar-refractivity contribution is 7.88. The fourth-order valence-electron chi connectivity index (χ4n) is 3.91. The van der Waals surface area contributed by atoms with Crippen molar-refractivity contribution in [2.24, 2.45) is 16.0 Å². The first-order valence-electron chi connectivity index (χ1n) is 10.3. The highest BCUT2D eigenvalue weighted by Crippen LogP contribution is 2.27. The molecule has 168 valence electrons. The Kier molecular flexibility index (Phi) is 6.72. The minimum Gasteiger partial charge on any atom is -0.469 e. The van der Waals surface area contributed by atoms with Crippen molar-refractivity contribution in [1.82, 2.24) is 9.62 Å². The molecule has 1 aromatic carbocycles. The molecule has 0 spiro atoms. The fraction of sp³-hybridized carbons (Fsp3) is 0.364. The van der Waals surface area contributed by atoms with Crippen LogP contribution in [0.25, 0.3) is 0 Å². The zero-order valence-electron chi connectivity index (χ0n) is 17.5. The van der Waals surface area contributed by atoms with Crippen LogP contribution in [0.2, 0.25) is 0 Å². The molecule has 1 aromatic rings. The lowest BCUT2D eigenvalue weighted by Gasteiger charge is -2.31. The lowest BCUT2D eigenvalue weighted by Crippen LogP contribution is -2.50. The van der Waals surface area contributed by atoms with Crippen LogP contribution in [0.5, 0.6) is 0 Å². The van der Waals surface area contributed by atoms with E-state index in [9.17, 15) is 8.42 Å². The first-order valence-corrected chi connectivity index (χ1v) is 11.8. The highest BCUT2D eigenvalue weighted by atomic mass is 32.2. The van der Waals surface area contributed by atoms with Gasteiger partial charge in [0.15, 0.2) is 0 Å². The topological polar surface area (TPSA) is 130 Å². The van der Waals surface area contributed by atoms with Gasteiger partial charge >= 0.3 is 10.2 Å². The molecule has 3 N–H and O–H groups in total. The van der Waals surface area contributed by atoms with E-state index in [1.165, 1.54) is 0 Å². The summed E-state index contributed by atoms with van der Waals surface area (Å²) in [5, 5.41) is 8.87. The molecule has 1 aliphatic carbocycles. The average molecular weight is 456 g/mol. The minimum absolute atomic E-state index is 0.0178. The quantitative estimate of drug-likeness (QED) is 0.624. The Morgan fingerprint density at radius 2 is 2.16 bits per heavy atom. The highest BCUT2D eigenvalue weighted by Gasteiger charge is 2.37. The molecule has 32 heavy (non-hydrogen) atoms. The first kappa shape index (κ1) is 22.2. The number of hydrogen-bond donors (Lipinski definition) is 2. The minimum atomic E-state index is -3.77. The van der Waals surface area contributed by atoms with Crippen LogP contribution in [-0.2, 0) is 26.3 Å². The summed E-state index contributed by atoms with van der Waals surface area (Å²) >= 11 is 0. The molecule has 2 heterocycles. The Labute approximate surface area is 187 Å². The third-order valence-electron chi connectivity index (χ3n) is 5.46. The molecule has 2 atom stereocenters. The number of nitrogens with one attached hydrogen (secondary N) is 1. The number of allylic oxidation sites excluding steroid dienone is 2. The van der Waals surface area contributed by atoms with E-state index in [1.54, 1.807) is 36.6 Å². The molecule has 0 aromatic heterocycles. The maximum absolute atomic E-state index is 11.8. The van der Waals surface area contributed by atoms with Crippen LogP contribution in [0.4, 0.5) is 0 Å². The number of nitrogens with two attached hydrogens (primary N) is 1. The Morgan fingerprint density at radius 3 is 2.94 bits per heavy atom. The number of hydrogen-bond acceptors (Lipinski definition) is 7. The van der Waals surface area contributed by atoms with E-state index < -0.39 is 22.2 Å². The SMILES string of the molecule is N#Cc1ccc(COCN2CCC/C(=C\OC3=CC=CC4NS(=O)(=O)N=C(N)C34)C2)cc1. The van der Waals surface area contributed by atoms with Gasteiger partial charge in [0.1, 0.15) is 11.6 Å². The summed E-state index contributed by atoms with van der Waals surface area (Å²) in [5.41, 5.74) is 8.70. The third kappa shape index (κ3) is 5.44. The number of fused-ring (bicyclic) bond motifs is 1. The summed E-state index contributed by atoms with van der Waals surface area (Å²) in [6, 6.07) is 8.96. The zero-order valence-corrected chi connectivity index (χ0v) is 18.3. The second-order valence-corrected chi connectivity index (χ2v) is 9.27. The zero-order chi connectivity index (χ0) is 22.6. The molecule has 0 radical (unpaired) electrons. The number of ether oxygens (including phenoxy) is 2. The monoisotopic (exact) mass is 455 g/mol. The normalized spacial score (nSPS) is 26.0. The van der Waals surface area contributed by atoms with Gasteiger partial charge in [-0.3, -0.25) is 4.90 Å². The van der Waals surface area contributed by atoms with Crippen molar-refractivity contribution in [1.29, 1.82) is 5.26 Å². The van der Waals surface area contributed by atoms with Crippen LogP contribution in [-0.4, -0.2) is 45.0 Å². The van der Waals surface area contributed by atoms with Gasteiger partial charge in [-0.2, -0.15) is 18.4 Å². The summed E-state index contributed by atoms with van der Waals surface area (Å²) in [5.74, 6) is 0.114. The summed E-state index contributed by atoms with van der Waals surface area (Å²) in [6.07, 6.45) is 8.90. The maximum atomic E-state index is 11.8. The smallest absolute Gasteiger partial charge is 0.322 e. The van der Waals surface area contributed by atoms with E-state index in [0.717, 1.165) is 37.1 Å². The fourth-order valence-corrected chi connectivity index (χ4v) is 4.91. The largest absolute Gasteiger partial charge is 0.469 e. The molecule has 10 heteroatoms. The van der Waals surface area contributed by atoms with Crippen LogP contribution in [0.1, 0.15) is 24.0 Å². The molecular weight excluding hydrogens is 430 g/mol. The molecule has 2 unspecified atom stereocenters. The van der Waals surface area contributed by atoms with Gasteiger partial charge in [-0.05, 0) is 42.2 Å². The molecule has 2 aliphatic heterocycles. The van der Waals surface area contributed by atoms with Crippen LogP contribution in [0.15, 0.2) is 64.5 Å². The molecule has 1 saturated heterocycles. The number of nitrogens with zero attached hydrogens (tertiary/aromatic N) is 3. The van der Waals surface area contributed by atoms with Crippen molar-refractivity contribution in [2.75, 3.05) is 19.8 Å². The Balaban J connectivity index is 1.31. The number of piperidine rings is 1. The number of benzene rings is 1. The van der Waals surface area contributed by atoms with Crippen molar-refractivity contribution in [2.45, 2.75) is 25.5 Å². The van der Waals surface area contributed by atoms with Gasteiger partial charge in [0.2, 0.25) is 0 Å². The van der Waals surface area contributed by atoms with Gasteiger partial charge < -0.3 is 15.2 Å². The predicted molar refractivity (Wildman–Crippen MR) is 119 cm³/mol. The number of nitriles is 1. The van der Waals surface area contributed by atoms with Gasteiger partial charge in [-0.1, -0.05) is 24.3 Å². The van der Waals surface area contributed by atoms with Crippen LogP contribution in [0.3, 0.4) is 0 Å². The third-order valence-corrected chi connectivity index (χ3v) is 6.48. The summed E-state index contributed by atoms with van der Waals surface area (Å²) < 4.78 is 41.3.